The van der Waals surface area contributed by atoms with Crippen LogP contribution in [0.4, 0.5) is 5.82 Å². The summed E-state index contributed by atoms with van der Waals surface area (Å²) in [7, 11) is 0. The van der Waals surface area contributed by atoms with Gasteiger partial charge in [-0.05, 0) is 26.0 Å². The molecule has 0 saturated heterocycles. The Balaban J connectivity index is 1.66. The highest BCUT2D eigenvalue weighted by Crippen LogP contribution is 2.18. The molecule has 0 fully saturated rings. The van der Waals surface area contributed by atoms with Gasteiger partial charge in [-0.3, -0.25) is 4.40 Å². The van der Waals surface area contributed by atoms with Crippen molar-refractivity contribution in [2.75, 3.05) is 11.9 Å². The van der Waals surface area contributed by atoms with Crippen molar-refractivity contribution in [1.82, 2.24) is 24.6 Å². The average molecular weight is 298 g/mol. The van der Waals surface area contributed by atoms with Gasteiger partial charge >= 0.3 is 0 Å². The van der Waals surface area contributed by atoms with Crippen LogP contribution in [0.25, 0.3) is 5.65 Å². The number of fused-ring (bicyclic) bond motifs is 1. The Morgan fingerprint density at radius 1 is 1.18 bits per heavy atom. The van der Waals surface area contributed by atoms with Crippen LogP contribution in [-0.2, 0) is 6.42 Å². The van der Waals surface area contributed by atoms with Crippen LogP contribution in [0.15, 0.2) is 36.8 Å². The van der Waals surface area contributed by atoms with Gasteiger partial charge in [0.15, 0.2) is 11.5 Å². The molecule has 0 unspecified atom stereocenters. The molecule has 3 heterocycles. The summed E-state index contributed by atoms with van der Waals surface area (Å²) in [6, 6.07) is 5.84. The van der Waals surface area contributed by atoms with E-state index in [9.17, 15) is 0 Å². The van der Waals surface area contributed by atoms with Crippen LogP contribution in [0, 0.1) is 0 Å². The fraction of sp³-hybridized carbons (Fsp3) is 0.333. The van der Waals surface area contributed by atoms with Gasteiger partial charge in [0.1, 0.15) is 5.82 Å². The number of ether oxygens (including phenoxy) is 1. The van der Waals surface area contributed by atoms with E-state index in [0.29, 0.717) is 18.2 Å². The zero-order valence-electron chi connectivity index (χ0n) is 12.6. The molecule has 22 heavy (non-hydrogen) atoms. The summed E-state index contributed by atoms with van der Waals surface area (Å²) in [4.78, 5) is 8.48. The second kappa shape index (κ2) is 6.38. The molecule has 0 amide bonds. The van der Waals surface area contributed by atoms with Gasteiger partial charge in [0.25, 0.3) is 5.88 Å². The molecule has 0 radical (unpaired) electrons. The molecular weight excluding hydrogens is 280 g/mol. The van der Waals surface area contributed by atoms with Gasteiger partial charge in [-0.25, -0.2) is 9.97 Å². The molecule has 0 bridgehead atoms. The molecular formula is C15H18N6O. The summed E-state index contributed by atoms with van der Waals surface area (Å²) in [5, 5.41) is 11.6. The lowest BCUT2D eigenvalue weighted by atomic mass is 10.4. The van der Waals surface area contributed by atoms with Crippen LogP contribution in [0.2, 0.25) is 0 Å². The standard InChI is InChI=1S/C15H18N6O/c1-11(2)22-15-14(17-8-9-18-15)16-7-6-13-20-19-12-5-3-4-10-21(12)13/h3-5,8-11H,6-7H2,1-2H3,(H,16,17). The number of anilines is 1. The van der Waals surface area contributed by atoms with E-state index in [0.717, 1.165) is 17.9 Å². The van der Waals surface area contributed by atoms with E-state index in [4.69, 9.17) is 4.74 Å². The van der Waals surface area contributed by atoms with Gasteiger partial charge in [0.2, 0.25) is 0 Å². The maximum absolute atomic E-state index is 5.63. The fourth-order valence-electron chi connectivity index (χ4n) is 2.11. The summed E-state index contributed by atoms with van der Waals surface area (Å²) >= 11 is 0. The molecule has 0 saturated carbocycles. The second-order valence-corrected chi connectivity index (χ2v) is 5.10. The quantitative estimate of drug-likeness (QED) is 0.749. The lowest BCUT2D eigenvalue weighted by molar-refractivity contribution is 0.233. The number of nitrogens with zero attached hydrogens (tertiary/aromatic N) is 5. The lowest BCUT2D eigenvalue weighted by Gasteiger charge is -2.12. The molecule has 7 heteroatoms. The third kappa shape index (κ3) is 3.13. The monoisotopic (exact) mass is 298 g/mol. The van der Waals surface area contributed by atoms with Gasteiger partial charge < -0.3 is 10.1 Å². The number of nitrogens with one attached hydrogen (secondary N) is 1. The van der Waals surface area contributed by atoms with Crippen molar-refractivity contribution < 1.29 is 4.74 Å². The zero-order chi connectivity index (χ0) is 15.4. The summed E-state index contributed by atoms with van der Waals surface area (Å²) in [5.41, 5.74) is 0.848. The first kappa shape index (κ1) is 14.2. The Morgan fingerprint density at radius 2 is 2.05 bits per heavy atom. The van der Waals surface area contributed by atoms with Crippen molar-refractivity contribution in [2.24, 2.45) is 0 Å². The Hall–Kier alpha value is -2.70. The highest BCUT2D eigenvalue weighted by atomic mass is 16.5. The van der Waals surface area contributed by atoms with Gasteiger partial charge in [-0.15, -0.1) is 10.2 Å². The minimum atomic E-state index is 0.0534. The number of pyridine rings is 1. The Kier molecular flexibility index (Phi) is 4.13. The van der Waals surface area contributed by atoms with Crippen molar-refractivity contribution in [3.8, 4) is 5.88 Å². The predicted octanol–water partition coefficient (Wildman–Crippen LogP) is 1.96. The largest absolute Gasteiger partial charge is 0.472 e. The Bertz CT molecular complexity index is 754. The van der Waals surface area contributed by atoms with Crippen molar-refractivity contribution in [2.45, 2.75) is 26.4 Å². The van der Waals surface area contributed by atoms with E-state index < -0.39 is 0 Å². The van der Waals surface area contributed by atoms with Gasteiger partial charge in [0.05, 0.1) is 6.10 Å². The molecule has 0 atom stereocenters. The number of hydrogen-bond donors (Lipinski definition) is 1. The lowest BCUT2D eigenvalue weighted by Crippen LogP contribution is -2.13. The van der Waals surface area contributed by atoms with E-state index in [2.05, 4.69) is 25.5 Å². The molecule has 0 aromatic carbocycles. The SMILES string of the molecule is CC(C)Oc1nccnc1NCCc1nnc2ccccn12. The minimum Gasteiger partial charge on any atom is -0.472 e. The second-order valence-electron chi connectivity index (χ2n) is 5.10. The van der Waals surface area contributed by atoms with Crippen molar-refractivity contribution in [3.05, 3.63) is 42.6 Å². The van der Waals surface area contributed by atoms with E-state index in [-0.39, 0.29) is 6.10 Å². The van der Waals surface area contributed by atoms with Crippen molar-refractivity contribution in [3.63, 3.8) is 0 Å². The molecule has 3 aromatic rings. The summed E-state index contributed by atoms with van der Waals surface area (Å²) in [6.07, 6.45) is 6.00. The molecule has 0 aliphatic rings. The summed E-state index contributed by atoms with van der Waals surface area (Å²) in [5.74, 6) is 2.06. The first-order valence-corrected chi connectivity index (χ1v) is 7.24. The smallest absolute Gasteiger partial charge is 0.257 e. The first-order valence-electron chi connectivity index (χ1n) is 7.24. The predicted molar refractivity (Wildman–Crippen MR) is 83.0 cm³/mol. The van der Waals surface area contributed by atoms with E-state index in [1.54, 1.807) is 12.4 Å². The normalized spacial score (nSPS) is 11.0. The maximum Gasteiger partial charge on any atom is 0.257 e. The molecule has 0 aliphatic carbocycles. The van der Waals surface area contributed by atoms with Crippen LogP contribution in [0.1, 0.15) is 19.7 Å². The highest BCUT2D eigenvalue weighted by Gasteiger charge is 2.09. The molecule has 0 spiro atoms. The maximum atomic E-state index is 5.63. The third-order valence-electron chi connectivity index (χ3n) is 3.04. The first-order chi connectivity index (χ1) is 10.7. The van der Waals surface area contributed by atoms with Crippen LogP contribution >= 0.6 is 0 Å². The third-order valence-corrected chi connectivity index (χ3v) is 3.04. The molecule has 114 valence electrons. The zero-order valence-corrected chi connectivity index (χ0v) is 12.6. The van der Waals surface area contributed by atoms with Crippen LogP contribution in [0.5, 0.6) is 5.88 Å². The number of rotatable bonds is 6. The molecule has 3 aromatic heterocycles. The van der Waals surface area contributed by atoms with Crippen molar-refractivity contribution >= 4 is 11.5 Å². The van der Waals surface area contributed by atoms with E-state index in [1.165, 1.54) is 0 Å². The fourth-order valence-corrected chi connectivity index (χ4v) is 2.11. The van der Waals surface area contributed by atoms with Crippen LogP contribution in [0.3, 0.4) is 0 Å². The summed E-state index contributed by atoms with van der Waals surface area (Å²) in [6.45, 7) is 4.59. The number of hydrogen-bond acceptors (Lipinski definition) is 6. The Labute approximate surface area is 128 Å². The Morgan fingerprint density at radius 3 is 2.91 bits per heavy atom. The van der Waals surface area contributed by atoms with Crippen molar-refractivity contribution in [1.29, 1.82) is 0 Å². The van der Waals surface area contributed by atoms with Gasteiger partial charge in [-0.2, -0.15) is 0 Å². The van der Waals surface area contributed by atoms with Gasteiger partial charge in [0, 0.05) is 31.6 Å². The van der Waals surface area contributed by atoms with Gasteiger partial charge in [-0.1, -0.05) is 6.07 Å². The minimum absolute atomic E-state index is 0.0534. The highest BCUT2D eigenvalue weighted by molar-refractivity contribution is 5.44. The van der Waals surface area contributed by atoms with E-state index in [1.807, 2.05) is 42.6 Å². The molecule has 0 aliphatic heterocycles. The van der Waals surface area contributed by atoms with Crippen LogP contribution < -0.4 is 10.1 Å². The number of aromatic nitrogens is 5. The van der Waals surface area contributed by atoms with E-state index >= 15 is 0 Å². The average Bonchev–Trinajstić information content (AvgIpc) is 2.92. The molecule has 1 N–H and O–H groups in total. The molecule has 3 rings (SSSR count). The molecule has 7 nitrogen and oxygen atoms in total. The topological polar surface area (TPSA) is 77.2 Å². The van der Waals surface area contributed by atoms with Crippen LogP contribution in [-0.4, -0.2) is 37.2 Å². The summed E-state index contributed by atoms with van der Waals surface area (Å²) < 4.78 is 7.61.